The van der Waals surface area contributed by atoms with Gasteiger partial charge in [0.1, 0.15) is 0 Å². The Hall–Kier alpha value is -3.63. The van der Waals surface area contributed by atoms with Crippen LogP contribution in [0.25, 0.3) is 28.9 Å². The molecule has 142 valence electrons. The first-order chi connectivity index (χ1) is 13.9. The summed E-state index contributed by atoms with van der Waals surface area (Å²) in [5, 5.41) is 11.2. The maximum atomic E-state index is 9.34. The topological polar surface area (TPSA) is 23.8 Å². The Morgan fingerprint density at radius 3 is 2.24 bits per heavy atom. The molecule has 0 radical (unpaired) electrons. The van der Waals surface area contributed by atoms with Gasteiger partial charge in [0, 0.05) is 5.57 Å². The molecule has 0 heterocycles. The Bertz CT molecular complexity index is 1270. The lowest BCUT2D eigenvalue weighted by Gasteiger charge is -2.14. The highest BCUT2D eigenvalue weighted by Crippen LogP contribution is 2.31. The van der Waals surface area contributed by atoms with E-state index in [2.05, 4.69) is 75.5 Å². The molecule has 3 rings (SSSR count). The smallest absolute Gasteiger partial charge is 0.0944 e. The van der Waals surface area contributed by atoms with Gasteiger partial charge in [-0.1, -0.05) is 73.8 Å². The zero-order valence-corrected chi connectivity index (χ0v) is 17.3. The fraction of sp³-hybridized carbons (Fsp3) is 0.107. The fourth-order valence-electron chi connectivity index (χ4n) is 3.49. The molecule has 1 nitrogen and oxygen atoms in total. The van der Waals surface area contributed by atoms with Crippen LogP contribution in [0.3, 0.4) is 0 Å². The molecule has 0 fully saturated rings. The number of hydrogen-bond acceptors (Lipinski definition) is 1. The number of nitrogens with zero attached hydrogens (tertiary/aromatic N) is 1. The van der Waals surface area contributed by atoms with E-state index in [0.29, 0.717) is 5.57 Å². The van der Waals surface area contributed by atoms with Crippen LogP contribution < -0.4 is 10.4 Å². The molecule has 0 saturated carbocycles. The van der Waals surface area contributed by atoms with Crippen molar-refractivity contribution in [3.8, 4) is 17.2 Å². The van der Waals surface area contributed by atoms with Crippen LogP contribution in [0.15, 0.2) is 85.0 Å². The van der Waals surface area contributed by atoms with Gasteiger partial charge in [0.05, 0.1) is 6.07 Å². The van der Waals surface area contributed by atoms with Crippen molar-refractivity contribution in [3.05, 3.63) is 112 Å². The lowest BCUT2D eigenvalue weighted by Crippen LogP contribution is -2.25. The summed E-state index contributed by atoms with van der Waals surface area (Å²) in [5.74, 6) is 0. The molecule has 0 amide bonds. The maximum absolute atomic E-state index is 9.34. The van der Waals surface area contributed by atoms with Crippen LogP contribution in [-0.2, 0) is 0 Å². The van der Waals surface area contributed by atoms with E-state index in [1.54, 1.807) is 0 Å². The molecule has 0 saturated heterocycles. The molecule has 0 aliphatic carbocycles. The van der Waals surface area contributed by atoms with E-state index in [1.165, 1.54) is 22.3 Å². The molecule has 3 aromatic carbocycles. The largest absolute Gasteiger partial charge is 0.193 e. The Kier molecular flexibility index (Phi) is 5.96. The van der Waals surface area contributed by atoms with E-state index in [4.69, 9.17) is 0 Å². The van der Waals surface area contributed by atoms with E-state index >= 15 is 0 Å². The second-order valence-electron chi connectivity index (χ2n) is 7.33. The number of allylic oxidation sites excluding steroid dienone is 3. The molecule has 0 unspecified atom stereocenters. The molecule has 0 atom stereocenters. The van der Waals surface area contributed by atoms with E-state index in [-0.39, 0.29) is 0 Å². The molecule has 3 aromatic rings. The zero-order chi connectivity index (χ0) is 21.0. The molecule has 0 aliphatic heterocycles. The summed E-state index contributed by atoms with van der Waals surface area (Å²) >= 11 is 0. The van der Waals surface area contributed by atoms with Crippen LogP contribution in [0, 0.1) is 25.2 Å². The van der Waals surface area contributed by atoms with E-state index in [0.717, 1.165) is 27.1 Å². The van der Waals surface area contributed by atoms with Crippen LogP contribution in [0.4, 0.5) is 0 Å². The summed E-state index contributed by atoms with van der Waals surface area (Å²) < 4.78 is 0. The Morgan fingerprint density at radius 1 is 0.897 bits per heavy atom. The van der Waals surface area contributed by atoms with Crippen molar-refractivity contribution in [2.24, 2.45) is 0 Å². The molecule has 0 aromatic heterocycles. The second-order valence-corrected chi connectivity index (χ2v) is 7.33. The summed E-state index contributed by atoms with van der Waals surface area (Å²) in [4.78, 5) is 0. The Morgan fingerprint density at radius 2 is 1.55 bits per heavy atom. The van der Waals surface area contributed by atoms with E-state index in [9.17, 15) is 5.26 Å². The first-order valence-electron chi connectivity index (χ1n) is 9.65. The first kappa shape index (κ1) is 20.1. The lowest BCUT2D eigenvalue weighted by atomic mass is 9.90. The highest BCUT2D eigenvalue weighted by atomic mass is 14.2. The van der Waals surface area contributed by atoms with E-state index < -0.39 is 0 Å². The molecule has 0 spiro atoms. The molecule has 0 aliphatic rings. The number of benzene rings is 3. The summed E-state index contributed by atoms with van der Waals surface area (Å²) in [7, 11) is 0. The van der Waals surface area contributed by atoms with Gasteiger partial charge in [-0.2, -0.15) is 5.26 Å². The van der Waals surface area contributed by atoms with Crippen molar-refractivity contribution in [1.82, 2.24) is 0 Å². The van der Waals surface area contributed by atoms with Crippen molar-refractivity contribution < 1.29 is 0 Å². The van der Waals surface area contributed by atoms with Gasteiger partial charge in [0.15, 0.2) is 0 Å². The Balaban J connectivity index is 2.24. The van der Waals surface area contributed by atoms with Gasteiger partial charge in [0.2, 0.25) is 0 Å². The fourth-order valence-corrected chi connectivity index (χ4v) is 3.49. The number of nitriles is 1. The molecule has 0 bridgehead atoms. The van der Waals surface area contributed by atoms with Gasteiger partial charge in [-0.05, 0) is 82.3 Å². The summed E-state index contributed by atoms with van der Waals surface area (Å²) in [5.41, 5.74) is 8.36. The zero-order valence-electron chi connectivity index (χ0n) is 17.3. The summed E-state index contributed by atoms with van der Waals surface area (Å²) in [6, 6.07) is 25.0. The SMILES string of the molecule is C=C(C(/C=C(\C)C#N)=c1\ccccc1=C)c1ccc(C)c(-c2ccccc2C)c1. The lowest BCUT2D eigenvalue weighted by molar-refractivity contribution is 1.40. The van der Waals surface area contributed by atoms with Gasteiger partial charge in [-0.25, -0.2) is 0 Å². The average molecular weight is 376 g/mol. The van der Waals surface area contributed by atoms with Crippen LogP contribution in [-0.4, -0.2) is 0 Å². The first-order valence-corrected chi connectivity index (χ1v) is 9.65. The van der Waals surface area contributed by atoms with Gasteiger partial charge in [-0.15, -0.1) is 0 Å². The average Bonchev–Trinajstić information content (AvgIpc) is 2.73. The minimum atomic E-state index is 0.635. The summed E-state index contributed by atoms with van der Waals surface area (Å²) in [6.45, 7) is 14.6. The predicted molar refractivity (Wildman–Crippen MR) is 124 cm³/mol. The minimum Gasteiger partial charge on any atom is -0.193 e. The standard InChI is InChI=1S/C28H25N/c1-19(18-29)16-28(26-13-9-7-11-21(26)3)23(5)24-15-14-22(4)27(17-24)25-12-8-6-10-20(25)2/h6-17H,3,5H2,1-2,4H3/b19-16+,28-26+. The van der Waals surface area contributed by atoms with Crippen molar-refractivity contribution in [2.45, 2.75) is 20.8 Å². The van der Waals surface area contributed by atoms with Crippen LogP contribution in [0.2, 0.25) is 0 Å². The summed E-state index contributed by atoms with van der Waals surface area (Å²) in [6.07, 6.45) is 1.90. The van der Waals surface area contributed by atoms with Crippen molar-refractivity contribution in [1.29, 1.82) is 5.26 Å². The van der Waals surface area contributed by atoms with Gasteiger partial charge in [-0.3, -0.25) is 0 Å². The molecular weight excluding hydrogens is 350 g/mol. The third-order valence-corrected chi connectivity index (χ3v) is 5.19. The number of aryl methyl sites for hydroxylation is 2. The second kappa shape index (κ2) is 8.59. The van der Waals surface area contributed by atoms with E-state index in [1.807, 2.05) is 37.3 Å². The third kappa shape index (κ3) is 4.28. The van der Waals surface area contributed by atoms with Crippen molar-refractivity contribution in [2.75, 3.05) is 0 Å². The highest BCUT2D eigenvalue weighted by Gasteiger charge is 2.11. The van der Waals surface area contributed by atoms with Gasteiger partial charge >= 0.3 is 0 Å². The molecule has 1 heteroatoms. The highest BCUT2D eigenvalue weighted by molar-refractivity contribution is 6.02. The molecular formula is C28H25N. The monoisotopic (exact) mass is 375 g/mol. The van der Waals surface area contributed by atoms with Crippen molar-refractivity contribution in [3.63, 3.8) is 0 Å². The molecule has 29 heavy (non-hydrogen) atoms. The van der Waals surface area contributed by atoms with Gasteiger partial charge < -0.3 is 0 Å². The van der Waals surface area contributed by atoms with Gasteiger partial charge in [0.25, 0.3) is 0 Å². The maximum Gasteiger partial charge on any atom is 0.0944 e. The Labute approximate surface area is 173 Å². The molecule has 0 N–H and O–H groups in total. The quantitative estimate of drug-likeness (QED) is 0.536. The number of hydrogen-bond donors (Lipinski definition) is 0. The van der Waals surface area contributed by atoms with Crippen LogP contribution in [0.5, 0.6) is 0 Å². The third-order valence-electron chi connectivity index (χ3n) is 5.19. The number of rotatable bonds is 4. The van der Waals surface area contributed by atoms with Crippen molar-refractivity contribution >= 4 is 17.7 Å². The van der Waals surface area contributed by atoms with Crippen LogP contribution >= 0.6 is 0 Å². The normalized spacial score (nSPS) is 12.3. The minimum absolute atomic E-state index is 0.635. The predicted octanol–water partition coefficient (Wildman–Crippen LogP) is 5.71. The van der Waals surface area contributed by atoms with Crippen LogP contribution in [0.1, 0.15) is 23.6 Å².